The summed E-state index contributed by atoms with van der Waals surface area (Å²) in [6.07, 6.45) is 0.667. The minimum absolute atomic E-state index is 0.298. The fourth-order valence-electron chi connectivity index (χ4n) is 1.68. The lowest BCUT2D eigenvalue weighted by atomic mass is 10.1. The summed E-state index contributed by atoms with van der Waals surface area (Å²) in [6, 6.07) is 0.860. The quantitative estimate of drug-likeness (QED) is 0.257. The first kappa shape index (κ1) is 13.2. The van der Waals surface area contributed by atoms with Crippen LogP contribution in [0.5, 0.6) is 0 Å². The number of rotatable bonds is 3. The Balaban J connectivity index is 2.23. The number of oxime groups is 1. The van der Waals surface area contributed by atoms with Crippen LogP contribution in [0.3, 0.4) is 0 Å². The van der Waals surface area contributed by atoms with Crippen LogP contribution in [0.2, 0.25) is 0 Å². The van der Waals surface area contributed by atoms with Crippen LogP contribution in [-0.2, 0) is 4.79 Å². The molecule has 1 aromatic rings. The molecule has 1 aliphatic carbocycles. The van der Waals surface area contributed by atoms with Crippen molar-refractivity contribution in [1.29, 1.82) is 0 Å². The Morgan fingerprint density at radius 1 is 1.26 bits per heavy atom. The van der Waals surface area contributed by atoms with Gasteiger partial charge >= 0.3 is 0 Å². The summed E-state index contributed by atoms with van der Waals surface area (Å²) in [5.74, 6) is -4.78. The lowest BCUT2D eigenvalue weighted by Gasteiger charge is -2.14. The highest BCUT2D eigenvalue weighted by Crippen LogP contribution is 2.46. The van der Waals surface area contributed by atoms with Crippen LogP contribution < -0.4 is 11.1 Å². The summed E-state index contributed by atoms with van der Waals surface area (Å²) in [5, 5.41) is 13.4. The van der Waals surface area contributed by atoms with E-state index in [-0.39, 0.29) is 5.84 Å². The van der Waals surface area contributed by atoms with E-state index in [1.54, 1.807) is 0 Å². The summed E-state index contributed by atoms with van der Waals surface area (Å²) < 4.78 is 39.0. The third-order valence-corrected chi connectivity index (χ3v) is 3.04. The number of benzene rings is 1. The lowest BCUT2D eigenvalue weighted by Crippen LogP contribution is -2.36. The van der Waals surface area contributed by atoms with E-state index >= 15 is 0 Å². The van der Waals surface area contributed by atoms with Crippen molar-refractivity contribution in [2.24, 2.45) is 16.3 Å². The van der Waals surface area contributed by atoms with Crippen molar-refractivity contribution in [2.45, 2.75) is 12.8 Å². The standard InChI is InChI=1S/C11H10F3N3O2/c12-5-3-7(14)8(4-6(5)13)16-10(18)11(1-2-11)9(15)17-19/h3-4,19H,1-2H2,(H2,15,17)(H,16,18). The smallest absolute Gasteiger partial charge is 0.238 e. The van der Waals surface area contributed by atoms with Crippen LogP contribution in [0.1, 0.15) is 12.8 Å². The number of halogens is 3. The Kier molecular flexibility index (Phi) is 3.09. The maximum Gasteiger partial charge on any atom is 0.238 e. The van der Waals surface area contributed by atoms with Gasteiger partial charge in [0.2, 0.25) is 5.91 Å². The number of hydrogen-bond donors (Lipinski definition) is 3. The molecule has 0 atom stereocenters. The van der Waals surface area contributed by atoms with Gasteiger partial charge in [-0.1, -0.05) is 5.16 Å². The van der Waals surface area contributed by atoms with Gasteiger partial charge < -0.3 is 16.3 Å². The first-order valence-corrected chi connectivity index (χ1v) is 5.35. The normalized spacial score (nSPS) is 17.1. The number of anilines is 1. The highest BCUT2D eigenvalue weighted by Gasteiger charge is 2.54. The molecule has 0 bridgehead atoms. The third kappa shape index (κ3) is 2.20. The summed E-state index contributed by atoms with van der Waals surface area (Å²) in [4.78, 5) is 11.9. The molecule has 0 radical (unpaired) electrons. The number of amidine groups is 1. The van der Waals surface area contributed by atoms with Crippen LogP contribution >= 0.6 is 0 Å². The van der Waals surface area contributed by atoms with Crippen LogP contribution in [-0.4, -0.2) is 17.0 Å². The Labute approximate surface area is 105 Å². The van der Waals surface area contributed by atoms with E-state index in [1.165, 1.54) is 0 Å². The molecule has 0 unspecified atom stereocenters. The van der Waals surface area contributed by atoms with E-state index in [4.69, 9.17) is 10.9 Å². The van der Waals surface area contributed by atoms with Gasteiger partial charge in [0.05, 0.1) is 5.69 Å². The molecule has 0 aromatic heterocycles. The van der Waals surface area contributed by atoms with Gasteiger partial charge in [-0.25, -0.2) is 13.2 Å². The molecule has 102 valence electrons. The molecule has 0 saturated heterocycles. The first-order chi connectivity index (χ1) is 8.90. The van der Waals surface area contributed by atoms with Crippen molar-refractivity contribution in [3.05, 3.63) is 29.6 Å². The predicted molar refractivity (Wildman–Crippen MR) is 60.0 cm³/mol. The van der Waals surface area contributed by atoms with Gasteiger partial charge in [0.25, 0.3) is 0 Å². The SMILES string of the molecule is N/C(=N/O)C1(C(=O)Nc2cc(F)c(F)cc2F)CC1. The molecule has 1 aromatic carbocycles. The fraction of sp³-hybridized carbons (Fsp3) is 0.273. The van der Waals surface area contributed by atoms with Gasteiger partial charge in [-0.05, 0) is 12.8 Å². The molecule has 1 saturated carbocycles. The van der Waals surface area contributed by atoms with Crippen molar-refractivity contribution < 1.29 is 23.2 Å². The molecule has 0 heterocycles. The van der Waals surface area contributed by atoms with E-state index in [0.717, 1.165) is 0 Å². The molecule has 0 spiro atoms. The van der Waals surface area contributed by atoms with E-state index in [1.807, 2.05) is 0 Å². The zero-order chi connectivity index (χ0) is 14.2. The van der Waals surface area contributed by atoms with Gasteiger partial charge in [0, 0.05) is 12.1 Å². The molecular formula is C11H10F3N3O2. The summed E-state index contributed by atoms with van der Waals surface area (Å²) >= 11 is 0. The summed E-state index contributed by atoms with van der Waals surface area (Å²) in [7, 11) is 0. The Hall–Kier alpha value is -2.25. The Morgan fingerprint density at radius 3 is 2.37 bits per heavy atom. The molecule has 5 nitrogen and oxygen atoms in total. The maximum absolute atomic E-state index is 13.4. The van der Waals surface area contributed by atoms with Crippen molar-refractivity contribution in [2.75, 3.05) is 5.32 Å². The number of hydrogen-bond acceptors (Lipinski definition) is 3. The molecular weight excluding hydrogens is 263 g/mol. The number of carbonyl (C=O) groups excluding carboxylic acids is 1. The minimum Gasteiger partial charge on any atom is -0.409 e. The van der Waals surface area contributed by atoms with Crippen molar-refractivity contribution in [3.63, 3.8) is 0 Å². The third-order valence-electron chi connectivity index (χ3n) is 3.04. The van der Waals surface area contributed by atoms with Crippen molar-refractivity contribution >= 4 is 17.4 Å². The molecule has 2 rings (SSSR count). The Bertz CT molecular complexity index is 571. The number of nitrogens with two attached hydrogens (primary N) is 1. The monoisotopic (exact) mass is 273 g/mol. The van der Waals surface area contributed by atoms with Gasteiger partial charge in [-0.2, -0.15) is 0 Å². The maximum atomic E-state index is 13.4. The summed E-state index contributed by atoms with van der Waals surface area (Å²) in [5.41, 5.74) is 3.67. The topological polar surface area (TPSA) is 87.7 Å². The number of carbonyl (C=O) groups is 1. The average molecular weight is 273 g/mol. The molecule has 19 heavy (non-hydrogen) atoms. The number of nitrogens with one attached hydrogen (secondary N) is 1. The molecule has 4 N–H and O–H groups in total. The van der Waals surface area contributed by atoms with E-state index in [2.05, 4.69) is 10.5 Å². The van der Waals surface area contributed by atoms with Crippen molar-refractivity contribution in [1.82, 2.24) is 0 Å². The van der Waals surface area contributed by atoms with Crippen LogP contribution in [0, 0.1) is 22.9 Å². The van der Waals surface area contributed by atoms with Gasteiger partial charge in [-0.15, -0.1) is 0 Å². The van der Waals surface area contributed by atoms with Crippen LogP contribution in [0.25, 0.3) is 0 Å². The lowest BCUT2D eigenvalue weighted by molar-refractivity contribution is -0.119. The van der Waals surface area contributed by atoms with E-state index in [9.17, 15) is 18.0 Å². The molecule has 8 heteroatoms. The first-order valence-electron chi connectivity index (χ1n) is 5.35. The zero-order valence-electron chi connectivity index (χ0n) is 9.58. The van der Waals surface area contributed by atoms with Crippen LogP contribution in [0.4, 0.5) is 18.9 Å². The van der Waals surface area contributed by atoms with Gasteiger partial charge in [0.1, 0.15) is 11.2 Å². The van der Waals surface area contributed by atoms with Gasteiger partial charge in [0.15, 0.2) is 17.5 Å². The fourth-order valence-corrected chi connectivity index (χ4v) is 1.68. The second-order valence-electron chi connectivity index (χ2n) is 4.27. The minimum atomic E-state index is -1.35. The molecule has 0 aliphatic heterocycles. The average Bonchev–Trinajstić information content (AvgIpc) is 3.16. The van der Waals surface area contributed by atoms with E-state index < -0.39 is 34.5 Å². The zero-order valence-corrected chi connectivity index (χ0v) is 9.58. The van der Waals surface area contributed by atoms with Crippen LogP contribution in [0.15, 0.2) is 17.3 Å². The second-order valence-corrected chi connectivity index (χ2v) is 4.27. The molecule has 1 fully saturated rings. The van der Waals surface area contributed by atoms with Crippen molar-refractivity contribution in [3.8, 4) is 0 Å². The number of amides is 1. The second kappa shape index (κ2) is 4.45. The highest BCUT2D eigenvalue weighted by molar-refractivity contribution is 6.14. The largest absolute Gasteiger partial charge is 0.409 e. The predicted octanol–water partition coefficient (Wildman–Crippen LogP) is 1.57. The highest BCUT2D eigenvalue weighted by atomic mass is 19.2. The molecule has 1 aliphatic rings. The summed E-state index contributed by atoms with van der Waals surface area (Å²) in [6.45, 7) is 0. The van der Waals surface area contributed by atoms with E-state index in [0.29, 0.717) is 25.0 Å². The Morgan fingerprint density at radius 2 is 1.84 bits per heavy atom. The molecule has 1 amide bonds. The number of nitrogens with zero attached hydrogens (tertiary/aromatic N) is 1. The van der Waals surface area contributed by atoms with Gasteiger partial charge in [-0.3, -0.25) is 4.79 Å².